The fourth-order valence-electron chi connectivity index (χ4n) is 2.36. The van der Waals surface area contributed by atoms with E-state index in [1.165, 1.54) is 12.1 Å². The number of rotatable bonds is 0. The van der Waals surface area contributed by atoms with Crippen molar-refractivity contribution in [3.8, 4) is 12.3 Å². The molecular weight excluding hydrogens is 205 g/mol. The number of benzene rings is 1. The van der Waals surface area contributed by atoms with Crippen molar-refractivity contribution in [2.75, 3.05) is 0 Å². The van der Waals surface area contributed by atoms with E-state index in [2.05, 4.69) is 10.9 Å². The van der Waals surface area contributed by atoms with E-state index in [0.717, 1.165) is 12.8 Å². The fraction of sp³-hybridized carbons (Fsp3) is 0.231. The zero-order valence-electron chi connectivity index (χ0n) is 8.46. The Balaban J connectivity index is 2.33. The number of carbonyl (C=O) groups excluding carboxylic acids is 1. The summed E-state index contributed by atoms with van der Waals surface area (Å²) in [5, 5.41) is 0. The third kappa shape index (κ3) is 0.965. The SMILES string of the molecule is C#CC1=NC(=O)c2cccc(F)c2C12CC2. The number of carbonyl (C=O) groups is 1. The molecule has 0 atom stereocenters. The number of hydrogen-bond donors (Lipinski definition) is 0. The van der Waals surface area contributed by atoms with E-state index >= 15 is 0 Å². The van der Waals surface area contributed by atoms with Crippen molar-refractivity contribution in [3.05, 3.63) is 35.1 Å². The molecule has 3 heteroatoms. The van der Waals surface area contributed by atoms with E-state index in [1.54, 1.807) is 6.07 Å². The minimum atomic E-state index is -0.483. The van der Waals surface area contributed by atoms with Crippen molar-refractivity contribution < 1.29 is 9.18 Å². The standard InChI is InChI=1S/C13H8FNO/c1-2-10-13(6-7-13)11-8(12(16)15-10)4-3-5-9(11)14/h1,3-5H,6-7H2. The van der Waals surface area contributed by atoms with Crippen LogP contribution < -0.4 is 0 Å². The Labute approximate surface area is 92.2 Å². The molecule has 0 aromatic heterocycles. The van der Waals surface area contributed by atoms with Crippen LogP contribution in [-0.2, 0) is 5.41 Å². The molecular formula is C13H8FNO. The van der Waals surface area contributed by atoms with Gasteiger partial charge in [0.15, 0.2) is 0 Å². The molecule has 1 fully saturated rings. The average molecular weight is 213 g/mol. The molecule has 1 saturated carbocycles. The summed E-state index contributed by atoms with van der Waals surface area (Å²) in [6, 6.07) is 4.50. The van der Waals surface area contributed by atoms with E-state index in [0.29, 0.717) is 16.8 Å². The first-order chi connectivity index (χ1) is 7.69. The Morgan fingerprint density at radius 2 is 2.19 bits per heavy atom. The summed E-state index contributed by atoms with van der Waals surface area (Å²) < 4.78 is 13.8. The molecule has 0 bridgehead atoms. The van der Waals surface area contributed by atoms with Crippen LogP contribution >= 0.6 is 0 Å². The van der Waals surface area contributed by atoms with Crippen molar-refractivity contribution in [2.24, 2.45) is 4.99 Å². The number of halogens is 1. The van der Waals surface area contributed by atoms with Gasteiger partial charge in [-0.2, -0.15) is 0 Å². The molecule has 0 saturated heterocycles. The number of aliphatic imine (C=N–C) groups is 1. The van der Waals surface area contributed by atoms with Crippen LogP contribution in [0.25, 0.3) is 0 Å². The Morgan fingerprint density at radius 1 is 1.44 bits per heavy atom. The van der Waals surface area contributed by atoms with Gasteiger partial charge in [0.05, 0.1) is 0 Å². The highest BCUT2D eigenvalue weighted by Crippen LogP contribution is 2.53. The van der Waals surface area contributed by atoms with Gasteiger partial charge in [-0.1, -0.05) is 12.0 Å². The Morgan fingerprint density at radius 3 is 2.81 bits per heavy atom. The molecule has 1 aromatic rings. The summed E-state index contributed by atoms with van der Waals surface area (Å²) in [6.07, 6.45) is 6.88. The van der Waals surface area contributed by atoms with Crippen molar-refractivity contribution >= 4 is 11.6 Å². The topological polar surface area (TPSA) is 29.4 Å². The third-order valence-corrected chi connectivity index (χ3v) is 3.28. The number of terminal acetylenes is 1. The summed E-state index contributed by atoms with van der Waals surface area (Å²) in [5.41, 5.74) is 0.707. The van der Waals surface area contributed by atoms with Crippen LogP contribution in [0.5, 0.6) is 0 Å². The molecule has 3 rings (SSSR count). The third-order valence-electron chi connectivity index (χ3n) is 3.28. The summed E-state index contributed by atoms with van der Waals surface area (Å²) in [7, 11) is 0. The molecule has 78 valence electrons. The Bertz CT molecular complexity index is 576. The van der Waals surface area contributed by atoms with Crippen molar-refractivity contribution in [3.63, 3.8) is 0 Å². The zero-order valence-corrected chi connectivity index (χ0v) is 8.46. The van der Waals surface area contributed by atoms with E-state index in [4.69, 9.17) is 6.42 Å². The molecule has 1 aliphatic heterocycles. The molecule has 16 heavy (non-hydrogen) atoms. The lowest BCUT2D eigenvalue weighted by Gasteiger charge is -2.22. The maximum Gasteiger partial charge on any atom is 0.278 e. The highest BCUT2D eigenvalue weighted by Gasteiger charge is 2.54. The van der Waals surface area contributed by atoms with E-state index < -0.39 is 11.3 Å². The summed E-state index contributed by atoms with van der Waals surface area (Å²) in [4.78, 5) is 15.5. The van der Waals surface area contributed by atoms with Crippen LogP contribution in [-0.4, -0.2) is 11.6 Å². The highest BCUT2D eigenvalue weighted by molar-refractivity contribution is 6.20. The van der Waals surface area contributed by atoms with E-state index in [9.17, 15) is 9.18 Å². The highest BCUT2D eigenvalue weighted by atomic mass is 19.1. The van der Waals surface area contributed by atoms with Gasteiger partial charge in [0, 0.05) is 16.5 Å². The molecule has 0 N–H and O–H groups in total. The van der Waals surface area contributed by atoms with Gasteiger partial charge in [0.25, 0.3) is 5.91 Å². The quantitative estimate of drug-likeness (QED) is 0.607. The van der Waals surface area contributed by atoms with Gasteiger partial charge >= 0.3 is 0 Å². The largest absolute Gasteiger partial charge is 0.278 e. The molecule has 1 aliphatic carbocycles. The van der Waals surface area contributed by atoms with Crippen LogP contribution in [0, 0.1) is 18.2 Å². The molecule has 1 amide bonds. The predicted molar refractivity (Wildman–Crippen MR) is 57.9 cm³/mol. The van der Waals surface area contributed by atoms with Crippen molar-refractivity contribution in [1.29, 1.82) is 0 Å². The summed E-state index contributed by atoms with van der Waals surface area (Å²) in [5.74, 6) is 1.63. The number of hydrogen-bond acceptors (Lipinski definition) is 1. The fourth-order valence-corrected chi connectivity index (χ4v) is 2.36. The van der Waals surface area contributed by atoms with Crippen molar-refractivity contribution in [1.82, 2.24) is 0 Å². The summed E-state index contributed by atoms with van der Waals surface area (Å²) >= 11 is 0. The lowest BCUT2D eigenvalue weighted by Crippen LogP contribution is -2.29. The monoisotopic (exact) mass is 213 g/mol. The minimum Gasteiger partial charge on any atom is -0.267 e. The van der Waals surface area contributed by atoms with Gasteiger partial charge in [-0.25, -0.2) is 9.38 Å². The zero-order chi connectivity index (χ0) is 11.3. The first kappa shape index (κ1) is 9.29. The number of fused-ring (bicyclic) bond motifs is 2. The van der Waals surface area contributed by atoms with Gasteiger partial charge in [-0.15, -0.1) is 6.42 Å². The smallest absolute Gasteiger partial charge is 0.267 e. The van der Waals surface area contributed by atoms with Crippen LogP contribution in [0.2, 0.25) is 0 Å². The minimum absolute atomic E-state index is 0.356. The molecule has 1 heterocycles. The van der Waals surface area contributed by atoms with Crippen LogP contribution in [0.15, 0.2) is 23.2 Å². The Hall–Kier alpha value is -1.95. The van der Waals surface area contributed by atoms with E-state index in [-0.39, 0.29) is 5.82 Å². The van der Waals surface area contributed by atoms with Gasteiger partial charge in [-0.05, 0) is 25.0 Å². The molecule has 1 aromatic carbocycles. The maximum absolute atomic E-state index is 13.8. The average Bonchev–Trinajstić information content (AvgIpc) is 3.05. The van der Waals surface area contributed by atoms with Gasteiger partial charge in [-0.3, -0.25) is 4.79 Å². The first-order valence-electron chi connectivity index (χ1n) is 5.08. The molecule has 2 aliphatic rings. The number of nitrogens with zero attached hydrogens (tertiary/aromatic N) is 1. The Kier molecular flexibility index (Phi) is 1.62. The first-order valence-corrected chi connectivity index (χ1v) is 5.08. The van der Waals surface area contributed by atoms with E-state index in [1.807, 2.05) is 0 Å². The summed E-state index contributed by atoms with van der Waals surface area (Å²) in [6.45, 7) is 0. The second-order valence-corrected chi connectivity index (χ2v) is 4.15. The number of amides is 1. The molecule has 0 unspecified atom stereocenters. The molecule has 1 spiro atoms. The van der Waals surface area contributed by atoms with Gasteiger partial charge < -0.3 is 0 Å². The van der Waals surface area contributed by atoms with Gasteiger partial charge in [0.1, 0.15) is 11.5 Å². The normalized spacial score (nSPS) is 20.0. The maximum atomic E-state index is 13.8. The lowest BCUT2D eigenvalue weighted by molar-refractivity contribution is 0.0998. The van der Waals surface area contributed by atoms with Gasteiger partial charge in [0.2, 0.25) is 0 Å². The van der Waals surface area contributed by atoms with Crippen molar-refractivity contribution in [2.45, 2.75) is 18.3 Å². The predicted octanol–water partition coefficient (Wildman–Crippen LogP) is 2.09. The molecule has 0 radical (unpaired) electrons. The second kappa shape index (κ2) is 2.79. The second-order valence-electron chi connectivity index (χ2n) is 4.15. The van der Waals surface area contributed by atoms with Crippen LogP contribution in [0.3, 0.4) is 0 Å². The van der Waals surface area contributed by atoms with Crippen LogP contribution in [0.4, 0.5) is 4.39 Å². The lowest BCUT2D eigenvalue weighted by atomic mass is 9.84. The van der Waals surface area contributed by atoms with Crippen LogP contribution in [0.1, 0.15) is 28.8 Å². The molecule has 2 nitrogen and oxygen atoms in total.